The van der Waals surface area contributed by atoms with Gasteiger partial charge in [0.05, 0.1) is 36.3 Å². The van der Waals surface area contributed by atoms with Gasteiger partial charge in [0.25, 0.3) is 0 Å². The first-order valence-electron chi connectivity index (χ1n) is 12.7. The zero-order chi connectivity index (χ0) is 26.5. The molecule has 3 saturated heterocycles. The van der Waals surface area contributed by atoms with Gasteiger partial charge in [0.1, 0.15) is 29.7 Å². The number of nitrogens with zero attached hydrogens (tertiary/aromatic N) is 5. The van der Waals surface area contributed by atoms with Crippen LogP contribution in [0.2, 0.25) is 0 Å². The lowest BCUT2D eigenvalue weighted by Gasteiger charge is -2.38. The van der Waals surface area contributed by atoms with Gasteiger partial charge in [0, 0.05) is 6.54 Å². The van der Waals surface area contributed by atoms with E-state index in [0.29, 0.717) is 18.4 Å². The van der Waals surface area contributed by atoms with Crippen molar-refractivity contribution in [3.05, 3.63) is 36.9 Å². The van der Waals surface area contributed by atoms with Crippen molar-refractivity contribution in [2.45, 2.75) is 63.6 Å². The molecule has 6 atom stereocenters. The minimum atomic E-state index is -1.20. The molecular weight excluding hydrogens is 478 g/mol. The van der Waals surface area contributed by atoms with Crippen molar-refractivity contribution >= 4 is 28.8 Å². The van der Waals surface area contributed by atoms with Gasteiger partial charge in [0.2, 0.25) is 11.8 Å². The predicted molar refractivity (Wildman–Crippen MR) is 132 cm³/mol. The summed E-state index contributed by atoms with van der Waals surface area (Å²) in [4.78, 5) is 44.3. The van der Waals surface area contributed by atoms with Crippen LogP contribution in [-0.2, 0) is 30.5 Å². The number of hydrogen-bond acceptors (Lipinski definition) is 8. The Morgan fingerprint density at radius 1 is 1.38 bits per heavy atom. The number of carbonyl (C=O) groups is 3. The molecule has 198 valence electrons. The molecule has 2 unspecified atom stereocenters. The van der Waals surface area contributed by atoms with Crippen LogP contribution in [0.25, 0.3) is 11.0 Å². The number of hydrogen-bond donors (Lipinski definition) is 1. The van der Waals surface area contributed by atoms with E-state index in [1.165, 1.54) is 4.90 Å². The number of amides is 2. The monoisotopic (exact) mass is 511 g/mol. The summed E-state index contributed by atoms with van der Waals surface area (Å²) in [5.41, 5.74) is -0.656. The molecule has 11 nitrogen and oxygen atoms in total. The van der Waals surface area contributed by atoms with Crippen LogP contribution in [0.5, 0.6) is 0 Å². The topological polar surface area (TPSA) is 127 Å². The molecule has 1 aromatic heterocycles. The second kappa shape index (κ2) is 9.21. The Balaban J connectivity index is 1.56. The minimum Gasteiger partial charge on any atom is -0.466 e. The van der Waals surface area contributed by atoms with Gasteiger partial charge >= 0.3 is 5.97 Å². The quantitative estimate of drug-likeness (QED) is 0.392. The highest BCUT2D eigenvalue weighted by Gasteiger charge is 2.78. The molecule has 2 amide bonds. The van der Waals surface area contributed by atoms with Crippen LogP contribution in [0, 0.1) is 11.8 Å². The molecule has 1 aromatic carbocycles. The zero-order valence-corrected chi connectivity index (χ0v) is 21.4. The predicted octanol–water partition coefficient (Wildman–Crippen LogP) is 1.11. The summed E-state index contributed by atoms with van der Waals surface area (Å²) in [6.45, 7) is 9.15. The van der Waals surface area contributed by atoms with Gasteiger partial charge in [-0.1, -0.05) is 23.4 Å². The maximum absolute atomic E-state index is 14.4. The number of ether oxygens (including phenoxy) is 2. The highest BCUT2D eigenvalue weighted by molar-refractivity contribution is 5.98. The van der Waals surface area contributed by atoms with Crippen LogP contribution in [-0.4, -0.2) is 90.7 Å². The van der Waals surface area contributed by atoms with E-state index in [1.807, 2.05) is 31.2 Å². The average Bonchev–Trinajstić information content (AvgIpc) is 3.58. The summed E-state index contributed by atoms with van der Waals surface area (Å²) < 4.78 is 13.5. The highest BCUT2D eigenvalue weighted by Crippen LogP contribution is 2.63. The van der Waals surface area contributed by atoms with Crippen molar-refractivity contribution in [3.63, 3.8) is 0 Å². The molecule has 5 rings (SSSR count). The van der Waals surface area contributed by atoms with Crippen LogP contribution in [0.1, 0.15) is 33.6 Å². The van der Waals surface area contributed by atoms with E-state index in [-0.39, 0.29) is 38.2 Å². The lowest BCUT2D eigenvalue weighted by Crippen LogP contribution is -2.58. The summed E-state index contributed by atoms with van der Waals surface area (Å²) in [6.07, 6.45) is 2.56. The molecule has 0 aliphatic carbocycles. The number of carbonyl (C=O) groups excluding carboxylic acids is 3. The van der Waals surface area contributed by atoms with Gasteiger partial charge in [-0.3, -0.25) is 14.4 Å². The van der Waals surface area contributed by atoms with Crippen LogP contribution >= 0.6 is 0 Å². The van der Waals surface area contributed by atoms with Gasteiger partial charge in [-0.2, -0.15) is 0 Å². The van der Waals surface area contributed by atoms with Gasteiger partial charge in [-0.05, 0) is 45.7 Å². The maximum Gasteiger partial charge on any atom is 0.312 e. The molecular formula is C26H33N5O6. The summed E-state index contributed by atoms with van der Waals surface area (Å²) in [7, 11) is 0. The molecule has 2 bridgehead atoms. The Labute approximate surface area is 215 Å². The molecule has 37 heavy (non-hydrogen) atoms. The SMILES string of the molecule is C=CCN(Cn1nnc2ccccc21)C(=O)C1N([C@H](C)CO)C(=O)[C@@H]2[C@H](C(=O)OCC)[C@]3(C)CCC12O3. The molecule has 1 spiro atoms. The molecule has 3 aliphatic rings. The van der Waals surface area contributed by atoms with Crippen LogP contribution in [0.3, 0.4) is 0 Å². The van der Waals surface area contributed by atoms with Crippen molar-refractivity contribution < 1.29 is 29.0 Å². The minimum absolute atomic E-state index is 0.0801. The molecule has 1 N–H and O–H groups in total. The highest BCUT2D eigenvalue weighted by atomic mass is 16.6. The molecule has 0 radical (unpaired) electrons. The maximum atomic E-state index is 14.4. The van der Waals surface area contributed by atoms with E-state index in [1.54, 1.807) is 29.5 Å². The Bertz CT molecular complexity index is 1250. The summed E-state index contributed by atoms with van der Waals surface area (Å²) in [6, 6.07) is 5.75. The first-order valence-corrected chi connectivity index (χ1v) is 12.7. The van der Waals surface area contributed by atoms with E-state index < -0.39 is 41.1 Å². The fourth-order valence-electron chi connectivity index (χ4n) is 6.52. The normalized spacial score (nSPS) is 31.0. The van der Waals surface area contributed by atoms with E-state index in [0.717, 1.165) is 5.52 Å². The lowest BCUT2D eigenvalue weighted by molar-refractivity contribution is -0.161. The Kier molecular flexibility index (Phi) is 6.31. The van der Waals surface area contributed by atoms with E-state index in [4.69, 9.17) is 9.47 Å². The number of esters is 1. The second-order valence-corrected chi connectivity index (χ2v) is 10.3. The summed E-state index contributed by atoms with van der Waals surface area (Å²) in [5.74, 6) is -2.92. The number of benzene rings is 1. The van der Waals surface area contributed by atoms with Crippen LogP contribution in [0.15, 0.2) is 36.9 Å². The molecule has 4 heterocycles. The first kappa shape index (κ1) is 25.3. The molecule has 0 saturated carbocycles. The van der Waals surface area contributed by atoms with Crippen LogP contribution in [0.4, 0.5) is 0 Å². The number of aliphatic hydroxyl groups excluding tert-OH is 1. The standard InChI is InChI=1S/C26H33N5O6/c1-5-13-29(15-30-18-10-8-7-9-17(18)27-28-30)23(34)21-26-12-11-25(4,37-26)20(24(35)36-6-2)19(26)22(33)31(21)16(3)14-32/h5,7-10,16,19-21,32H,1,6,11-15H2,2-4H3/t16-,19+,20-,21?,25+,26?/m1/s1. The fourth-order valence-corrected chi connectivity index (χ4v) is 6.52. The number of aromatic nitrogens is 3. The van der Waals surface area contributed by atoms with Gasteiger partial charge < -0.3 is 24.4 Å². The third-order valence-electron chi connectivity index (χ3n) is 8.11. The molecule has 3 aliphatic heterocycles. The smallest absolute Gasteiger partial charge is 0.312 e. The fraction of sp³-hybridized carbons (Fsp3) is 0.577. The van der Waals surface area contributed by atoms with Crippen LogP contribution < -0.4 is 0 Å². The number of para-hydroxylation sites is 1. The molecule has 11 heteroatoms. The lowest BCUT2D eigenvalue weighted by atomic mass is 9.66. The van der Waals surface area contributed by atoms with Gasteiger partial charge in [-0.15, -0.1) is 11.7 Å². The van der Waals surface area contributed by atoms with Crippen molar-refractivity contribution in [2.24, 2.45) is 11.8 Å². The van der Waals surface area contributed by atoms with Crippen molar-refractivity contribution in [2.75, 3.05) is 19.8 Å². The first-order chi connectivity index (χ1) is 17.7. The average molecular weight is 512 g/mol. The third kappa shape index (κ3) is 3.66. The summed E-state index contributed by atoms with van der Waals surface area (Å²) >= 11 is 0. The molecule has 2 aromatic rings. The Morgan fingerprint density at radius 2 is 2.14 bits per heavy atom. The van der Waals surface area contributed by atoms with E-state index >= 15 is 0 Å². The Hall–Kier alpha value is -3.31. The summed E-state index contributed by atoms with van der Waals surface area (Å²) in [5, 5.41) is 18.4. The molecule has 3 fully saturated rings. The number of rotatable bonds is 9. The van der Waals surface area contributed by atoms with Crippen molar-refractivity contribution in [1.29, 1.82) is 0 Å². The van der Waals surface area contributed by atoms with Crippen molar-refractivity contribution in [3.8, 4) is 0 Å². The number of fused-ring (bicyclic) bond motifs is 2. The zero-order valence-electron chi connectivity index (χ0n) is 21.4. The largest absolute Gasteiger partial charge is 0.466 e. The van der Waals surface area contributed by atoms with E-state index in [2.05, 4.69) is 16.9 Å². The van der Waals surface area contributed by atoms with Gasteiger partial charge in [0.15, 0.2) is 0 Å². The van der Waals surface area contributed by atoms with Crippen molar-refractivity contribution in [1.82, 2.24) is 24.8 Å². The number of likely N-dealkylation sites (tertiary alicyclic amines) is 1. The van der Waals surface area contributed by atoms with E-state index in [9.17, 15) is 19.5 Å². The third-order valence-corrected chi connectivity index (χ3v) is 8.11. The number of aliphatic hydroxyl groups is 1. The second-order valence-electron chi connectivity index (χ2n) is 10.3. The van der Waals surface area contributed by atoms with Gasteiger partial charge in [-0.25, -0.2) is 4.68 Å². The Morgan fingerprint density at radius 3 is 2.84 bits per heavy atom.